The minimum atomic E-state index is -3.23. The van der Waals surface area contributed by atoms with Gasteiger partial charge in [0, 0.05) is 13.1 Å². The molecule has 5 heteroatoms. The molecule has 0 aromatic heterocycles. The summed E-state index contributed by atoms with van der Waals surface area (Å²) in [6.07, 6.45) is 4.74. The average Bonchev–Trinajstić information content (AvgIpc) is 2.64. The van der Waals surface area contributed by atoms with Gasteiger partial charge in [-0.15, -0.1) is 0 Å². The van der Waals surface area contributed by atoms with Crippen molar-refractivity contribution >= 4 is 10.2 Å². The van der Waals surface area contributed by atoms with Crippen molar-refractivity contribution in [3.05, 3.63) is 0 Å². The van der Waals surface area contributed by atoms with Gasteiger partial charge in [-0.1, -0.05) is 6.42 Å². The largest absolute Gasteiger partial charge is 0.276 e. The predicted octanol–water partition coefficient (Wildman–Crippen LogP) is 0.229. The number of fused-ring (bicyclic) bond motifs is 2. The Hall–Kier alpha value is -0.130. The molecule has 2 saturated carbocycles. The molecule has 2 fully saturated rings. The first kappa shape index (κ1) is 9.43. The summed E-state index contributed by atoms with van der Waals surface area (Å²) in [6, 6.07) is 0.191. The molecule has 2 aliphatic rings. The van der Waals surface area contributed by atoms with Gasteiger partial charge in [-0.25, -0.2) is 4.72 Å². The van der Waals surface area contributed by atoms with Gasteiger partial charge in [-0.05, 0) is 31.1 Å². The molecule has 0 aliphatic heterocycles. The Morgan fingerprint density at radius 1 is 1.23 bits per heavy atom. The van der Waals surface area contributed by atoms with Crippen LogP contribution >= 0.6 is 0 Å². The molecule has 3 atom stereocenters. The van der Waals surface area contributed by atoms with E-state index in [2.05, 4.69) is 9.44 Å². The SMILES string of the molecule is CNS(=O)(=O)NC1CC2CCC1C2. The number of hydrogen-bond acceptors (Lipinski definition) is 2. The summed E-state index contributed by atoms with van der Waals surface area (Å²) in [7, 11) is -1.79. The fourth-order valence-corrected chi connectivity index (χ4v) is 3.45. The minimum Gasteiger partial charge on any atom is -0.205 e. The van der Waals surface area contributed by atoms with E-state index in [9.17, 15) is 8.42 Å². The quantitative estimate of drug-likeness (QED) is 0.691. The zero-order valence-corrected chi connectivity index (χ0v) is 8.60. The van der Waals surface area contributed by atoms with Crippen LogP contribution in [0.1, 0.15) is 25.7 Å². The summed E-state index contributed by atoms with van der Waals surface area (Å²) in [5, 5.41) is 0. The van der Waals surface area contributed by atoms with E-state index in [0.29, 0.717) is 5.92 Å². The highest BCUT2D eigenvalue weighted by Gasteiger charge is 2.40. The Morgan fingerprint density at radius 3 is 2.46 bits per heavy atom. The minimum absolute atomic E-state index is 0.191. The number of nitrogens with one attached hydrogen (secondary N) is 2. The van der Waals surface area contributed by atoms with Crippen molar-refractivity contribution in [2.75, 3.05) is 7.05 Å². The van der Waals surface area contributed by atoms with Gasteiger partial charge in [-0.2, -0.15) is 13.1 Å². The van der Waals surface area contributed by atoms with E-state index in [0.717, 1.165) is 12.3 Å². The molecule has 0 amide bonds. The van der Waals surface area contributed by atoms with Gasteiger partial charge >= 0.3 is 0 Å². The lowest BCUT2D eigenvalue weighted by molar-refractivity contribution is 0.389. The fraction of sp³-hybridized carbons (Fsp3) is 1.00. The lowest BCUT2D eigenvalue weighted by Gasteiger charge is -2.22. The molecule has 0 heterocycles. The standard InChI is InChI=1S/C8H16N2O2S/c1-9-13(11,12)10-8-5-6-2-3-7(8)4-6/h6-10H,2-5H2,1H3. The van der Waals surface area contributed by atoms with Crippen LogP contribution < -0.4 is 9.44 Å². The third-order valence-electron chi connectivity index (χ3n) is 3.31. The Labute approximate surface area is 79.3 Å². The van der Waals surface area contributed by atoms with Crippen LogP contribution in [0.4, 0.5) is 0 Å². The van der Waals surface area contributed by atoms with Gasteiger partial charge < -0.3 is 0 Å². The first-order chi connectivity index (χ1) is 6.11. The summed E-state index contributed by atoms with van der Waals surface area (Å²) in [6.45, 7) is 0. The molecule has 2 rings (SSSR count). The van der Waals surface area contributed by atoms with Gasteiger partial charge in [0.25, 0.3) is 10.2 Å². The highest BCUT2D eigenvalue weighted by molar-refractivity contribution is 7.87. The molecule has 2 aliphatic carbocycles. The van der Waals surface area contributed by atoms with Crippen LogP contribution in [-0.4, -0.2) is 21.5 Å². The van der Waals surface area contributed by atoms with Crippen LogP contribution in [0.25, 0.3) is 0 Å². The predicted molar refractivity (Wildman–Crippen MR) is 50.4 cm³/mol. The van der Waals surface area contributed by atoms with Gasteiger partial charge in [0.05, 0.1) is 0 Å². The maximum Gasteiger partial charge on any atom is 0.276 e. The molecule has 0 saturated heterocycles. The Balaban J connectivity index is 1.97. The molecule has 0 spiro atoms. The van der Waals surface area contributed by atoms with E-state index in [1.165, 1.54) is 26.3 Å². The van der Waals surface area contributed by atoms with Crippen molar-refractivity contribution in [2.24, 2.45) is 11.8 Å². The summed E-state index contributed by atoms with van der Waals surface area (Å²) >= 11 is 0. The zero-order valence-electron chi connectivity index (χ0n) is 7.79. The van der Waals surface area contributed by atoms with Crippen molar-refractivity contribution in [3.63, 3.8) is 0 Å². The molecule has 3 unspecified atom stereocenters. The molecule has 0 aromatic carbocycles. The molecular formula is C8H16N2O2S. The monoisotopic (exact) mass is 204 g/mol. The lowest BCUT2D eigenvalue weighted by atomic mass is 9.96. The molecule has 4 nitrogen and oxygen atoms in total. The second-order valence-corrected chi connectivity index (χ2v) is 5.76. The number of hydrogen-bond donors (Lipinski definition) is 2. The van der Waals surface area contributed by atoms with E-state index in [1.54, 1.807) is 0 Å². The second-order valence-electron chi connectivity index (χ2n) is 4.11. The van der Waals surface area contributed by atoms with E-state index in [1.807, 2.05) is 0 Å². The smallest absolute Gasteiger partial charge is 0.205 e. The average molecular weight is 204 g/mol. The van der Waals surface area contributed by atoms with Gasteiger partial charge in [0.1, 0.15) is 0 Å². The van der Waals surface area contributed by atoms with Crippen LogP contribution in [-0.2, 0) is 10.2 Å². The first-order valence-electron chi connectivity index (χ1n) is 4.81. The summed E-state index contributed by atoms with van der Waals surface area (Å²) in [4.78, 5) is 0. The van der Waals surface area contributed by atoms with E-state index < -0.39 is 10.2 Å². The summed E-state index contributed by atoms with van der Waals surface area (Å²) < 4.78 is 27.4. The third-order valence-corrected chi connectivity index (χ3v) is 4.46. The van der Waals surface area contributed by atoms with Gasteiger partial charge in [-0.3, -0.25) is 0 Å². The molecule has 0 aromatic rings. The van der Waals surface area contributed by atoms with Crippen molar-refractivity contribution in [1.29, 1.82) is 0 Å². The highest BCUT2D eigenvalue weighted by atomic mass is 32.2. The van der Waals surface area contributed by atoms with Crippen LogP contribution in [0.3, 0.4) is 0 Å². The molecule has 0 radical (unpaired) electrons. The Morgan fingerprint density at radius 2 is 2.00 bits per heavy atom. The van der Waals surface area contributed by atoms with Crippen LogP contribution in [0.15, 0.2) is 0 Å². The summed E-state index contributed by atoms with van der Waals surface area (Å²) in [5.74, 6) is 1.36. The molecule has 2 bridgehead atoms. The van der Waals surface area contributed by atoms with Crippen molar-refractivity contribution in [3.8, 4) is 0 Å². The Bertz CT molecular complexity index is 289. The topological polar surface area (TPSA) is 58.2 Å². The van der Waals surface area contributed by atoms with Crippen molar-refractivity contribution in [2.45, 2.75) is 31.7 Å². The van der Waals surface area contributed by atoms with Crippen LogP contribution in [0.5, 0.6) is 0 Å². The molecule has 13 heavy (non-hydrogen) atoms. The molecule has 76 valence electrons. The van der Waals surface area contributed by atoms with E-state index in [4.69, 9.17) is 0 Å². The second kappa shape index (κ2) is 3.22. The van der Waals surface area contributed by atoms with E-state index in [-0.39, 0.29) is 6.04 Å². The molecular weight excluding hydrogens is 188 g/mol. The normalized spacial score (nSPS) is 38.4. The zero-order chi connectivity index (χ0) is 9.47. The third kappa shape index (κ3) is 1.87. The number of rotatable bonds is 3. The lowest BCUT2D eigenvalue weighted by Crippen LogP contribution is -2.43. The van der Waals surface area contributed by atoms with E-state index >= 15 is 0 Å². The van der Waals surface area contributed by atoms with Crippen LogP contribution in [0.2, 0.25) is 0 Å². The Kier molecular flexibility index (Phi) is 2.33. The maximum absolute atomic E-state index is 11.2. The highest BCUT2D eigenvalue weighted by Crippen LogP contribution is 2.44. The summed E-state index contributed by atoms with van der Waals surface area (Å²) in [5.41, 5.74) is 0. The van der Waals surface area contributed by atoms with Gasteiger partial charge in [0.2, 0.25) is 0 Å². The van der Waals surface area contributed by atoms with Crippen molar-refractivity contribution < 1.29 is 8.42 Å². The van der Waals surface area contributed by atoms with Crippen molar-refractivity contribution in [1.82, 2.24) is 9.44 Å². The van der Waals surface area contributed by atoms with Crippen LogP contribution in [0, 0.1) is 11.8 Å². The first-order valence-corrected chi connectivity index (χ1v) is 6.30. The fourth-order valence-electron chi connectivity index (χ4n) is 2.65. The maximum atomic E-state index is 11.2. The van der Waals surface area contributed by atoms with Gasteiger partial charge in [0.15, 0.2) is 0 Å². The molecule has 2 N–H and O–H groups in total.